The Kier molecular flexibility index (Phi) is 13.2. The van der Waals surface area contributed by atoms with Crippen molar-refractivity contribution in [1.82, 2.24) is 10.6 Å². The molecule has 202 valence electrons. The highest BCUT2D eigenvalue weighted by atomic mass is 16.2. The molecule has 4 amide bonds. The molecule has 1 aromatic rings. The largest absolute Gasteiger partial charge is 0.344 e. The molecule has 1 rings (SSSR count). The van der Waals surface area contributed by atoms with Gasteiger partial charge < -0.3 is 21.3 Å². The minimum atomic E-state index is -0.652. The van der Waals surface area contributed by atoms with Crippen molar-refractivity contribution in [2.45, 2.75) is 93.2 Å². The van der Waals surface area contributed by atoms with Gasteiger partial charge in [0, 0.05) is 24.2 Å². The average molecular weight is 503 g/mol. The number of hydrogen-bond acceptors (Lipinski definition) is 4. The molecule has 36 heavy (non-hydrogen) atoms. The van der Waals surface area contributed by atoms with Crippen LogP contribution in [0.4, 0.5) is 11.4 Å². The molecule has 1 aromatic carbocycles. The van der Waals surface area contributed by atoms with Crippen molar-refractivity contribution < 1.29 is 19.2 Å². The standard InChI is InChI=1S/C28H46N4O4/c1-17(2)12-23(31-25(33)14-19(5)6)27(35)29-21-10-9-11-22(16-21)30-28(36)24(13-18(3)4)32-26(34)15-20(7)8/h9-11,16-20,23-24H,12-15H2,1-8H3,(H,29,35)(H,30,36)(H,31,33)(H,32,34). The van der Waals surface area contributed by atoms with Gasteiger partial charge in [-0.1, -0.05) is 61.5 Å². The van der Waals surface area contributed by atoms with Gasteiger partial charge in [0.05, 0.1) is 0 Å². The van der Waals surface area contributed by atoms with E-state index in [1.165, 1.54) is 0 Å². The van der Waals surface area contributed by atoms with Crippen LogP contribution in [0.2, 0.25) is 0 Å². The van der Waals surface area contributed by atoms with E-state index in [4.69, 9.17) is 0 Å². The van der Waals surface area contributed by atoms with Crippen LogP contribution in [0, 0.1) is 23.7 Å². The first kappa shape index (κ1) is 31.1. The molecular weight excluding hydrogens is 456 g/mol. The van der Waals surface area contributed by atoms with E-state index in [1.807, 2.05) is 55.4 Å². The summed E-state index contributed by atoms with van der Waals surface area (Å²) in [5, 5.41) is 11.4. The minimum absolute atomic E-state index is 0.150. The highest BCUT2D eigenvalue weighted by Crippen LogP contribution is 2.18. The maximum atomic E-state index is 13.0. The number of carbonyl (C=O) groups excluding carboxylic acids is 4. The molecule has 0 aliphatic rings. The Labute approximate surface area is 216 Å². The Morgan fingerprint density at radius 1 is 0.611 bits per heavy atom. The molecule has 8 heteroatoms. The van der Waals surface area contributed by atoms with E-state index >= 15 is 0 Å². The maximum Gasteiger partial charge on any atom is 0.246 e. The highest BCUT2D eigenvalue weighted by molar-refractivity contribution is 5.99. The van der Waals surface area contributed by atoms with E-state index in [9.17, 15) is 19.2 Å². The summed E-state index contributed by atoms with van der Waals surface area (Å²) in [6, 6.07) is 5.55. The van der Waals surface area contributed by atoms with Gasteiger partial charge >= 0.3 is 0 Å². The van der Waals surface area contributed by atoms with Gasteiger partial charge in [-0.2, -0.15) is 0 Å². The van der Waals surface area contributed by atoms with Crippen molar-refractivity contribution in [3.05, 3.63) is 24.3 Å². The van der Waals surface area contributed by atoms with Gasteiger partial charge in [-0.15, -0.1) is 0 Å². The molecule has 0 spiro atoms. The normalized spacial score (nSPS) is 13.0. The summed E-state index contributed by atoms with van der Waals surface area (Å²) in [6.07, 6.45) is 1.74. The first-order chi connectivity index (χ1) is 16.8. The molecule has 4 N–H and O–H groups in total. The zero-order valence-electron chi connectivity index (χ0n) is 23.2. The Morgan fingerprint density at radius 2 is 0.972 bits per heavy atom. The zero-order valence-corrected chi connectivity index (χ0v) is 23.2. The van der Waals surface area contributed by atoms with E-state index in [0.29, 0.717) is 37.1 Å². The molecule has 8 nitrogen and oxygen atoms in total. The average Bonchev–Trinajstić information content (AvgIpc) is 2.71. The van der Waals surface area contributed by atoms with Crippen molar-refractivity contribution in [2.75, 3.05) is 10.6 Å². The van der Waals surface area contributed by atoms with Gasteiger partial charge in [0.15, 0.2) is 0 Å². The summed E-state index contributed by atoms with van der Waals surface area (Å²) < 4.78 is 0. The summed E-state index contributed by atoms with van der Waals surface area (Å²) in [5.41, 5.74) is 1.02. The number of rotatable bonds is 14. The predicted octanol–water partition coefficient (Wildman–Crippen LogP) is 4.72. The summed E-state index contributed by atoms with van der Waals surface area (Å²) in [6.45, 7) is 15.8. The van der Waals surface area contributed by atoms with E-state index < -0.39 is 12.1 Å². The molecule has 0 saturated heterocycles. The quantitative estimate of drug-likeness (QED) is 0.295. The third kappa shape index (κ3) is 12.7. The van der Waals surface area contributed by atoms with Gasteiger partial charge in [0.2, 0.25) is 23.6 Å². The molecular formula is C28H46N4O4. The smallest absolute Gasteiger partial charge is 0.246 e. The van der Waals surface area contributed by atoms with Crippen molar-refractivity contribution >= 4 is 35.0 Å². The second kappa shape index (κ2) is 15.3. The number of nitrogens with one attached hydrogen (secondary N) is 4. The van der Waals surface area contributed by atoms with Crippen LogP contribution in [0.15, 0.2) is 24.3 Å². The topological polar surface area (TPSA) is 116 Å². The van der Waals surface area contributed by atoms with Crippen molar-refractivity contribution in [2.24, 2.45) is 23.7 Å². The molecule has 0 bridgehead atoms. The first-order valence-corrected chi connectivity index (χ1v) is 13.1. The van der Waals surface area contributed by atoms with E-state index in [2.05, 4.69) is 21.3 Å². The fourth-order valence-corrected chi connectivity index (χ4v) is 3.79. The van der Waals surface area contributed by atoms with E-state index in [0.717, 1.165) is 0 Å². The van der Waals surface area contributed by atoms with Crippen LogP contribution in [0.25, 0.3) is 0 Å². The lowest BCUT2D eigenvalue weighted by Crippen LogP contribution is -2.45. The van der Waals surface area contributed by atoms with Crippen LogP contribution in [0.5, 0.6) is 0 Å². The van der Waals surface area contributed by atoms with Gasteiger partial charge in [0.1, 0.15) is 12.1 Å². The highest BCUT2D eigenvalue weighted by Gasteiger charge is 2.24. The fourth-order valence-electron chi connectivity index (χ4n) is 3.79. The molecule has 0 aliphatic carbocycles. The van der Waals surface area contributed by atoms with Gasteiger partial charge in [-0.05, 0) is 54.7 Å². The second-order valence-electron chi connectivity index (χ2n) is 11.3. The lowest BCUT2D eigenvalue weighted by Gasteiger charge is -2.22. The number of amides is 4. The number of benzene rings is 1. The Bertz CT molecular complexity index is 813. The molecule has 0 radical (unpaired) electrons. The minimum Gasteiger partial charge on any atom is -0.344 e. The molecule has 0 aliphatic heterocycles. The molecule has 0 fully saturated rings. The molecule has 0 aromatic heterocycles. The van der Waals surface area contributed by atoms with Crippen LogP contribution in [-0.4, -0.2) is 35.7 Å². The maximum absolute atomic E-state index is 13.0. The van der Waals surface area contributed by atoms with E-state index in [1.54, 1.807) is 24.3 Å². The monoisotopic (exact) mass is 502 g/mol. The SMILES string of the molecule is CC(C)CC(=O)NC(CC(C)C)C(=O)Nc1cccc(NC(=O)C(CC(C)C)NC(=O)CC(C)C)c1. The molecule has 2 atom stereocenters. The fraction of sp³-hybridized carbons (Fsp3) is 0.643. The lowest BCUT2D eigenvalue weighted by molar-refractivity contribution is -0.127. The van der Waals surface area contributed by atoms with Crippen LogP contribution < -0.4 is 21.3 Å². The van der Waals surface area contributed by atoms with Crippen LogP contribution >= 0.6 is 0 Å². The van der Waals surface area contributed by atoms with Gasteiger partial charge in [0.25, 0.3) is 0 Å². The lowest BCUT2D eigenvalue weighted by atomic mass is 10.0. The predicted molar refractivity (Wildman–Crippen MR) is 145 cm³/mol. The first-order valence-electron chi connectivity index (χ1n) is 13.1. The zero-order chi connectivity index (χ0) is 27.4. The molecule has 0 heterocycles. The van der Waals surface area contributed by atoms with Crippen molar-refractivity contribution in [1.29, 1.82) is 0 Å². The number of anilines is 2. The van der Waals surface area contributed by atoms with Crippen molar-refractivity contribution in [3.8, 4) is 0 Å². The number of hydrogen-bond donors (Lipinski definition) is 4. The van der Waals surface area contributed by atoms with Crippen LogP contribution in [-0.2, 0) is 19.2 Å². The van der Waals surface area contributed by atoms with Crippen LogP contribution in [0.1, 0.15) is 81.1 Å². The summed E-state index contributed by atoms with van der Waals surface area (Å²) in [7, 11) is 0. The second-order valence-corrected chi connectivity index (χ2v) is 11.3. The summed E-state index contributed by atoms with van der Waals surface area (Å²) in [4.78, 5) is 50.5. The van der Waals surface area contributed by atoms with Gasteiger partial charge in [-0.3, -0.25) is 19.2 Å². The van der Waals surface area contributed by atoms with Gasteiger partial charge in [-0.25, -0.2) is 0 Å². The summed E-state index contributed by atoms with van der Waals surface area (Å²) >= 11 is 0. The van der Waals surface area contributed by atoms with Crippen LogP contribution in [0.3, 0.4) is 0 Å². The van der Waals surface area contributed by atoms with Crippen molar-refractivity contribution in [3.63, 3.8) is 0 Å². The molecule has 2 unspecified atom stereocenters. The Hall–Kier alpha value is -2.90. The van der Waals surface area contributed by atoms with E-state index in [-0.39, 0.29) is 47.3 Å². The third-order valence-electron chi connectivity index (χ3n) is 5.30. The Morgan fingerprint density at radius 3 is 1.28 bits per heavy atom. The summed E-state index contributed by atoms with van der Waals surface area (Å²) in [5.74, 6) is -0.0784. The Balaban J connectivity index is 2.92. The third-order valence-corrected chi connectivity index (χ3v) is 5.30. The molecule has 0 saturated carbocycles. The number of carbonyl (C=O) groups is 4.